The molecule has 2 N–H and O–H groups in total. The van der Waals surface area contributed by atoms with E-state index in [9.17, 15) is 14.8 Å². The lowest BCUT2D eigenvalue weighted by atomic mass is 10.0. The molecule has 2 aliphatic heterocycles. The van der Waals surface area contributed by atoms with Crippen molar-refractivity contribution in [2.24, 2.45) is 0 Å². The predicted molar refractivity (Wildman–Crippen MR) is 95.5 cm³/mol. The van der Waals surface area contributed by atoms with E-state index < -0.39 is 17.7 Å². The number of hydroxylamine groups is 2. The Kier molecular flexibility index (Phi) is 4.68. The average Bonchev–Trinajstić information content (AvgIpc) is 3.31. The first kappa shape index (κ1) is 19.0. The van der Waals surface area contributed by atoms with Gasteiger partial charge in [-0.3, -0.25) is 5.21 Å². The Labute approximate surface area is 163 Å². The smallest absolute Gasteiger partial charge is 0.407 e. The van der Waals surface area contributed by atoms with Crippen LogP contribution in [0.5, 0.6) is 0 Å². The fourth-order valence-electron chi connectivity index (χ4n) is 4.26. The highest BCUT2D eigenvalue weighted by atomic mass is 16.6. The number of alkyl carbamates (subject to hydrolysis) is 1. The first-order valence-electron chi connectivity index (χ1n) is 9.83. The van der Waals surface area contributed by atoms with Gasteiger partial charge in [0.2, 0.25) is 11.8 Å². The Balaban J connectivity index is 1.36. The summed E-state index contributed by atoms with van der Waals surface area (Å²) in [6.45, 7) is 5.97. The molecule has 3 aliphatic rings. The molecular weight excluding hydrogens is 366 g/mol. The number of nitrogens with zero attached hydrogens (tertiary/aromatic N) is 4. The number of hydrogen-bond acceptors (Lipinski definition) is 7. The van der Waals surface area contributed by atoms with E-state index >= 15 is 0 Å². The minimum Gasteiger partial charge on any atom is -0.444 e. The molecule has 1 aliphatic carbocycles. The van der Waals surface area contributed by atoms with Crippen molar-refractivity contribution in [2.45, 2.75) is 82.5 Å². The Bertz CT molecular complexity index is 760. The number of fused-ring (bicyclic) bond motifs is 2. The standard InChI is InChI=1S/C18H27N5O5/c1-18(2,3)28-16(24)19-11-5-4-10(8-11)14-20-21-15(27-14)13-7-6-12-9-22(13)17(25)23(12)26/h10-13,26H,4-9H2,1-3H3,(H,19,24)/t10-,11+,12+,13+/m1/s1. The Morgan fingerprint density at radius 2 is 1.96 bits per heavy atom. The fraction of sp³-hybridized carbons (Fsp3) is 0.778. The largest absolute Gasteiger partial charge is 0.444 e. The first-order valence-corrected chi connectivity index (χ1v) is 9.83. The molecule has 10 nitrogen and oxygen atoms in total. The summed E-state index contributed by atoms with van der Waals surface area (Å²) < 4.78 is 11.2. The maximum Gasteiger partial charge on any atom is 0.407 e. The van der Waals surface area contributed by atoms with Crippen LogP contribution in [-0.2, 0) is 4.74 Å². The van der Waals surface area contributed by atoms with Crippen LogP contribution in [0.2, 0.25) is 0 Å². The zero-order chi connectivity index (χ0) is 20.1. The molecular formula is C18H27N5O5. The monoisotopic (exact) mass is 393 g/mol. The molecule has 3 heterocycles. The van der Waals surface area contributed by atoms with Gasteiger partial charge in [-0.15, -0.1) is 10.2 Å². The fourth-order valence-corrected chi connectivity index (χ4v) is 4.26. The number of nitrogens with one attached hydrogen (secondary N) is 1. The summed E-state index contributed by atoms with van der Waals surface area (Å²) in [4.78, 5) is 25.7. The summed E-state index contributed by atoms with van der Waals surface area (Å²) in [6.07, 6.45) is 3.33. The molecule has 0 unspecified atom stereocenters. The van der Waals surface area contributed by atoms with Crippen molar-refractivity contribution in [3.63, 3.8) is 0 Å². The SMILES string of the molecule is CC(C)(C)OC(=O)N[C@H]1CC[C@@H](c2nnc([C@@H]3CC[C@H]4CN3C(=O)N4O)o2)C1. The van der Waals surface area contributed by atoms with Crippen LogP contribution in [0.3, 0.4) is 0 Å². The quantitative estimate of drug-likeness (QED) is 0.757. The molecule has 28 heavy (non-hydrogen) atoms. The number of aromatic nitrogens is 2. The van der Waals surface area contributed by atoms with Gasteiger partial charge in [0, 0.05) is 18.5 Å². The minimum absolute atomic E-state index is 0.00810. The second kappa shape index (κ2) is 6.91. The molecule has 1 aromatic rings. The third kappa shape index (κ3) is 3.65. The zero-order valence-corrected chi connectivity index (χ0v) is 16.4. The van der Waals surface area contributed by atoms with Crippen molar-refractivity contribution in [1.29, 1.82) is 0 Å². The number of hydrogen-bond donors (Lipinski definition) is 2. The van der Waals surface area contributed by atoms with Crippen LogP contribution in [0.4, 0.5) is 9.59 Å². The maximum absolute atomic E-state index is 12.1. The van der Waals surface area contributed by atoms with E-state index in [1.165, 1.54) is 0 Å². The predicted octanol–water partition coefficient (Wildman–Crippen LogP) is 2.56. The second-order valence-electron chi connectivity index (χ2n) is 8.86. The molecule has 154 valence electrons. The van der Waals surface area contributed by atoms with E-state index in [0.717, 1.165) is 17.9 Å². The number of carbonyl (C=O) groups is 2. The number of piperidine rings is 1. The van der Waals surface area contributed by atoms with Crippen LogP contribution < -0.4 is 5.32 Å². The van der Waals surface area contributed by atoms with Gasteiger partial charge in [-0.1, -0.05) is 0 Å². The van der Waals surface area contributed by atoms with Crippen LogP contribution >= 0.6 is 0 Å². The van der Waals surface area contributed by atoms with Gasteiger partial charge < -0.3 is 19.4 Å². The highest BCUT2D eigenvalue weighted by Crippen LogP contribution is 2.39. The molecule has 4 atom stereocenters. The van der Waals surface area contributed by atoms with Crippen molar-refractivity contribution in [1.82, 2.24) is 25.5 Å². The molecule has 3 amide bonds. The van der Waals surface area contributed by atoms with E-state index in [4.69, 9.17) is 9.15 Å². The molecule has 2 bridgehead atoms. The van der Waals surface area contributed by atoms with Gasteiger partial charge in [0.05, 0.1) is 6.04 Å². The molecule has 1 aromatic heterocycles. The molecule has 10 heteroatoms. The molecule has 3 fully saturated rings. The molecule has 0 spiro atoms. The maximum atomic E-state index is 12.1. The van der Waals surface area contributed by atoms with Crippen LogP contribution in [0, 0.1) is 0 Å². The Hall–Kier alpha value is -2.36. The highest BCUT2D eigenvalue weighted by molar-refractivity contribution is 5.76. The second-order valence-corrected chi connectivity index (χ2v) is 8.86. The summed E-state index contributed by atoms with van der Waals surface area (Å²) in [5.41, 5.74) is -0.528. The Morgan fingerprint density at radius 1 is 1.21 bits per heavy atom. The van der Waals surface area contributed by atoms with E-state index in [2.05, 4.69) is 15.5 Å². The molecule has 4 rings (SSSR count). The van der Waals surface area contributed by atoms with Crippen LogP contribution in [-0.4, -0.2) is 61.7 Å². The van der Waals surface area contributed by atoms with E-state index in [-0.39, 0.29) is 24.0 Å². The third-order valence-electron chi connectivity index (χ3n) is 5.59. The summed E-state index contributed by atoms with van der Waals surface area (Å²) in [5, 5.41) is 21.9. The number of urea groups is 1. The summed E-state index contributed by atoms with van der Waals surface area (Å²) in [7, 11) is 0. The summed E-state index contributed by atoms with van der Waals surface area (Å²) >= 11 is 0. The first-order chi connectivity index (χ1) is 13.2. The number of ether oxygens (including phenoxy) is 1. The summed E-state index contributed by atoms with van der Waals surface area (Å²) in [5.74, 6) is 1.03. The van der Waals surface area contributed by atoms with Crippen LogP contribution in [0.25, 0.3) is 0 Å². The lowest BCUT2D eigenvalue weighted by molar-refractivity contribution is -0.0584. The van der Waals surface area contributed by atoms with Gasteiger partial charge in [-0.25, -0.2) is 14.7 Å². The van der Waals surface area contributed by atoms with E-state index in [0.29, 0.717) is 37.6 Å². The molecule has 0 radical (unpaired) electrons. The average molecular weight is 393 g/mol. The number of amides is 3. The van der Waals surface area contributed by atoms with E-state index in [1.54, 1.807) is 4.90 Å². The van der Waals surface area contributed by atoms with Crippen LogP contribution in [0.1, 0.15) is 76.6 Å². The minimum atomic E-state index is -0.528. The zero-order valence-electron chi connectivity index (χ0n) is 16.4. The van der Waals surface area contributed by atoms with Gasteiger partial charge in [0.1, 0.15) is 11.6 Å². The highest BCUT2D eigenvalue weighted by Gasteiger charge is 2.46. The summed E-state index contributed by atoms with van der Waals surface area (Å²) in [6, 6.07) is -0.844. The van der Waals surface area contributed by atoms with Crippen molar-refractivity contribution < 1.29 is 24.0 Å². The van der Waals surface area contributed by atoms with E-state index in [1.807, 2.05) is 20.8 Å². The Morgan fingerprint density at radius 3 is 2.71 bits per heavy atom. The van der Waals surface area contributed by atoms with Gasteiger partial charge in [0.25, 0.3) is 0 Å². The van der Waals surface area contributed by atoms with Gasteiger partial charge in [0.15, 0.2) is 0 Å². The number of carbonyl (C=O) groups excluding carboxylic acids is 2. The van der Waals surface area contributed by atoms with Crippen molar-refractivity contribution >= 4 is 12.1 Å². The third-order valence-corrected chi connectivity index (χ3v) is 5.59. The molecule has 1 saturated carbocycles. The van der Waals surface area contributed by atoms with Crippen molar-refractivity contribution in [3.8, 4) is 0 Å². The van der Waals surface area contributed by atoms with Crippen molar-refractivity contribution in [3.05, 3.63) is 11.8 Å². The van der Waals surface area contributed by atoms with Gasteiger partial charge in [-0.2, -0.15) is 0 Å². The van der Waals surface area contributed by atoms with Crippen LogP contribution in [0.15, 0.2) is 4.42 Å². The number of rotatable bonds is 3. The van der Waals surface area contributed by atoms with Crippen molar-refractivity contribution in [2.75, 3.05) is 6.54 Å². The van der Waals surface area contributed by atoms with Gasteiger partial charge >= 0.3 is 12.1 Å². The lowest BCUT2D eigenvalue weighted by Crippen LogP contribution is -2.37. The molecule has 2 saturated heterocycles. The van der Waals surface area contributed by atoms with Gasteiger partial charge in [-0.05, 0) is 52.9 Å². The normalized spacial score (nSPS) is 30.1. The molecule has 0 aromatic carbocycles. The topological polar surface area (TPSA) is 121 Å². The lowest BCUT2D eigenvalue weighted by Gasteiger charge is -2.27.